The monoisotopic (exact) mass is 337 g/mol. The minimum absolute atomic E-state index is 0.347. The third-order valence-electron chi connectivity index (χ3n) is 2.61. The van der Waals surface area contributed by atoms with Gasteiger partial charge in [-0.1, -0.05) is 12.1 Å². The van der Waals surface area contributed by atoms with Crippen LogP contribution in [0.5, 0.6) is 5.75 Å². The fraction of sp³-hybridized carbons (Fsp3) is 0.133. The van der Waals surface area contributed by atoms with Crippen molar-refractivity contribution in [1.29, 1.82) is 0 Å². The van der Waals surface area contributed by atoms with Gasteiger partial charge in [0.25, 0.3) is 5.91 Å². The van der Waals surface area contributed by atoms with Crippen LogP contribution in [-0.4, -0.2) is 12.5 Å². The van der Waals surface area contributed by atoms with Crippen molar-refractivity contribution in [3.05, 3.63) is 58.3 Å². The van der Waals surface area contributed by atoms with Gasteiger partial charge in [0.05, 0.1) is 17.9 Å². The summed E-state index contributed by atoms with van der Waals surface area (Å²) < 4.78 is 19.2. The van der Waals surface area contributed by atoms with E-state index in [4.69, 9.17) is 4.74 Å². The molecule has 0 aliphatic heterocycles. The highest BCUT2D eigenvalue weighted by Crippen LogP contribution is 2.25. The van der Waals surface area contributed by atoms with Crippen molar-refractivity contribution in [2.24, 2.45) is 0 Å². The normalized spacial score (nSPS) is 10.2. The molecular formula is C15H13BrFNO2. The largest absolute Gasteiger partial charge is 0.493 e. The third-order valence-corrected chi connectivity index (χ3v) is 3.30. The Morgan fingerprint density at radius 1 is 1.30 bits per heavy atom. The van der Waals surface area contributed by atoms with E-state index < -0.39 is 5.82 Å². The standard InChI is InChI=1S/C15H13BrFNO2/c1-2-20-14-6-4-3-5-11(14)15(19)18-13-9-10(17)7-8-12(13)16/h3-9H,2H2,1H3,(H,18,19). The molecule has 0 aromatic heterocycles. The van der Waals surface area contributed by atoms with Crippen molar-refractivity contribution in [2.45, 2.75) is 6.92 Å². The van der Waals surface area contributed by atoms with Crippen LogP contribution in [0, 0.1) is 5.82 Å². The highest BCUT2D eigenvalue weighted by atomic mass is 79.9. The summed E-state index contributed by atoms with van der Waals surface area (Å²) in [5, 5.41) is 2.66. The number of hydrogen-bond donors (Lipinski definition) is 1. The van der Waals surface area contributed by atoms with Gasteiger partial charge in [0.1, 0.15) is 11.6 Å². The average molecular weight is 338 g/mol. The quantitative estimate of drug-likeness (QED) is 0.906. The summed E-state index contributed by atoms with van der Waals surface area (Å²) >= 11 is 3.27. The van der Waals surface area contributed by atoms with Gasteiger partial charge in [-0.3, -0.25) is 4.79 Å². The number of anilines is 1. The molecule has 0 aliphatic rings. The van der Waals surface area contributed by atoms with Gasteiger partial charge in [-0.05, 0) is 53.2 Å². The number of halogens is 2. The van der Waals surface area contributed by atoms with Crippen molar-refractivity contribution in [2.75, 3.05) is 11.9 Å². The van der Waals surface area contributed by atoms with E-state index in [1.807, 2.05) is 6.92 Å². The van der Waals surface area contributed by atoms with E-state index in [-0.39, 0.29) is 5.91 Å². The van der Waals surface area contributed by atoms with Gasteiger partial charge in [-0.2, -0.15) is 0 Å². The minimum atomic E-state index is -0.415. The SMILES string of the molecule is CCOc1ccccc1C(=O)Nc1cc(F)ccc1Br. The smallest absolute Gasteiger partial charge is 0.259 e. The predicted octanol–water partition coefficient (Wildman–Crippen LogP) is 4.24. The van der Waals surface area contributed by atoms with E-state index in [9.17, 15) is 9.18 Å². The number of amides is 1. The van der Waals surface area contributed by atoms with Crippen LogP contribution < -0.4 is 10.1 Å². The van der Waals surface area contributed by atoms with Crippen molar-refractivity contribution in [3.8, 4) is 5.75 Å². The Morgan fingerprint density at radius 2 is 2.05 bits per heavy atom. The van der Waals surface area contributed by atoms with Crippen LogP contribution in [0.3, 0.4) is 0 Å². The molecule has 0 radical (unpaired) electrons. The zero-order valence-corrected chi connectivity index (χ0v) is 12.4. The Balaban J connectivity index is 2.26. The van der Waals surface area contributed by atoms with E-state index in [0.717, 1.165) is 0 Å². The third kappa shape index (κ3) is 3.36. The summed E-state index contributed by atoms with van der Waals surface area (Å²) in [6, 6.07) is 11.0. The lowest BCUT2D eigenvalue weighted by Gasteiger charge is -2.11. The summed E-state index contributed by atoms with van der Waals surface area (Å²) in [5.41, 5.74) is 0.784. The van der Waals surface area contributed by atoms with Crippen LogP contribution in [0.1, 0.15) is 17.3 Å². The van der Waals surface area contributed by atoms with E-state index in [1.165, 1.54) is 12.1 Å². The molecule has 0 spiro atoms. The number of ether oxygens (including phenoxy) is 1. The maximum Gasteiger partial charge on any atom is 0.259 e. The van der Waals surface area contributed by atoms with Gasteiger partial charge < -0.3 is 10.1 Å². The molecule has 1 amide bonds. The van der Waals surface area contributed by atoms with Crippen molar-refractivity contribution in [3.63, 3.8) is 0 Å². The fourth-order valence-electron chi connectivity index (χ4n) is 1.72. The molecule has 0 saturated heterocycles. The summed E-state index contributed by atoms with van der Waals surface area (Å²) in [6.07, 6.45) is 0. The molecule has 0 aliphatic carbocycles. The van der Waals surface area contributed by atoms with E-state index >= 15 is 0 Å². The van der Waals surface area contributed by atoms with E-state index in [2.05, 4.69) is 21.2 Å². The lowest BCUT2D eigenvalue weighted by Crippen LogP contribution is -2.14. The van der Waals surface area contributed by atoms with Crippen LogP contribution in [0.2, 0.25) is 0 Å². The molecule has 0 unspecified atom stereocenters. The van der Waals surface area contributed by atoms with Gasteiger partial charge in [-0.25, -0.2) is 4.39 Å². The van der Waals surface area contributed by atoms with Gasteiger partial charge in [0, 0.05) is 4.47 Å². The number of nitrogens with one attached hydrogen (secondary N) is 1. The molecule has 5 heteroatoms. The first kappa shape index (κ1) is 14.5. The first-order valence-electron chi connectivity index (χ1n) is 6.10. The maximum absolute atomic E-state index is 13.2. The number of para-hydroxylation sites is 1. The average Bonchev–Trinajstić information content (AvgIpc) is 2.44. The predicted molar refractivity (Wildman–Crippen MR) is 79.7 cm³/mol. The van der Waals surface area contributed by atoms with Crippen LogP contribution in [-0.2, 0) is 0 Å². The van der Waals surface area contributed by atoms with Gasteiger partial charge >= 0.3 is 0 Å². The van der Waals surface area contributed by atoms with Crippen molar-refractivity contribution < 1.29 is 13.9 Å². The summed E-state index contributed by atoms with van der Waals surface area (Å²) in [4.78, 5) is 12.2. The molecule has 0 fully saturated rings. The topological polar surface area (TPSA) is 38.3 Å². The first-order valence-corrected chi connectivity index (χ1v) is 6.89. The first-order chi connectivity index (χ1) is 9.61. The summed E-state index contributed by atoms with van der Waals surface area (Å²) in [6.45, 7) is 2.31. The Bertz CT molecular complexity index is 631. The Morgan fingerprint density at radius 3 is 2.80 bits per heavy atom. The lowest BCUT2D eigenvalue weighted by atomic mass is 10.2. The molecule has 3 nitrogen and oxygen atoms in total. The highest BCUT2D eigenvalue weighted by molar-refractivity contribution is 9.10. The Labute approximate surface area is 124 Å². The van der Waals surface area contributed by atoms with Crippen molar-refractivity contribution >= 4 is 27.5 Å². The Kier molecular flexibility index (Phi) is 4.74. The van der Waals surface area contributed by atoms with Crippen LogP contribution >= 0.6 is 15.9 Å². The van der Waals surface area contributed by atoms with Crippen LogP contribution in [0.4, 0.5) is 10.1 Å². The molecule has 104 valence electrons. The summed E-state index contributed by atoms with van der Waals surface area (Å²) in [5.74, 6) is -0.262. The maximum atomic E-state index is 13.2. The van der Waals surface area contributed by atoms with Crippen LogP contribution in [0.15, 0.2) is 46.9 Å². The minimum Gasteiger partial charge on any atom is -0.493 e. The zero-order valence-electron chi connectivity index (χ0n) is 10.8. The highest BCUT2D eigenvalue weighted by Gasteiger charge is 2.13. The van der Waals surface area contributed by atoms with Crippen molar-refractivity contribution in [1.82, 2.24) is 0 Å². The molecule has 0 bridgehead atoms. The fourth-order valence-corrected chi connectivity index (χ4v) is 2.06. The van der Waals surface area contributed by atoms with Gasteiger partial charge in [0.15, 0.2) is 0 Å². The van der Waals surface area contributed by atoms with Gasteiger partial charge in [0.2, 0.25) is 0 Å². The number of benzene rings is 2. The summed E-state index contributed by atoms with van der Waals surface area (Å²) in [7, 11) is 0. The molecular weight excluding hydrogens is 325 g/mol. The zero-order chi connectivity index (χ0) is 14.5. The second-order valence-electron chi connectivity index (χ2n) is 4.01. The molecule has 20 heavy (non-hydrogen) atoms. The lowest BCUT2D eigenvalue weighted by molar-refractivity contribution is 0.102. The molecule has 0 atom stereocenters. The number of carbonyl (C=O) groups is 1. The molecule has 2 rings (SSSR count). The van der Waals surface area contributed by atoms with Gasteiger partial charge in [-0.15, -0.1) is 0 Å². The second-order valence-corrected chi connectivity index (χ2v) is 4.86. The Hall–Kier alpha value is -1.88. The number of rotatable bonds is 4. The molecule has 2 aromatic carbocycles. The number of carbonyl (C=O) groups excluding carboxylic acids is 1. The molecule has 2 aromatic rings. The molecule has 0 saturated carbocycles. The molecule has 1 N–H and O–H groups in total. The second kappa shape index (κ2) is 6.52. The van der Waals surface area contributed by atoms with E-state index in [1.54, 1.807) is 30.3 Å². The van der Waals surface area contributed by atoms with E-state index in [0.29, 0.717) is 28.1 Å². The van der Waals surface area contributed by atoms with Crippen LogP contribution in [0.25, 0.3) is 0 Å². The number of hydrogen-bond acceptors (Lipinski definition) is 2. The molecule has 0 heterocycles.